The summed E-state index contributed by atoms with van der Waals surface area (Å²) in [5.74, 6) is -0.422. The van der Waals surface area contributed by atoms with Gasteiger partial charge >= 0.3 is 0 Å². The zero-order valence-corrected chi connectivity index (χ0v) is 28.3. The first kappa shape index (κ1) is 33.9. The summed E-state index contributed by atoms with van der Waals surface area (Å²) in [5.41, 5.74) is 4.26. The van der Waals surface area contributed by atoms with E-state index >= 15 is 0 Å². The van der Waals surface area contributed by atoms with Crippen molar-refractivity contribution >= 4 is 27.5 Å². The van der Waals surface area contributed by atoms with Crippen LogP contribution in [0.15, 0.2) is 114 Å². The van der Waals surface area contributed by atoms with Crippen molar-refractivity contribution in [2.75, 3.05) is 10.8 Å². The fourth-order valence-corrected chi connectivity index (χ4v) is 7.64. The van der Waals surface area contributed by atoms with Gasteiger partial charge in [-0.25, -0.2) is 8.42 Å². The molecule has 0 heterocycles. The van der Waals surface area contributed by atoms with Crippen molar-refractivity contribution in [2.24, 2.45) is 0 Å². The summed E-state index contributed by atoms with van der Waals surface area (Å²) in [7, 11) is -4.13. The number of aryl methyl sites for hydroxylation is 1. The normalized spacial score (nSPS) is 14.1. The molecule has 1 aliphatic rings. The standard InChI is InChI=1S/C39H45N3O4S/c1-29(2)33-21-23-35(24-22-33)42(47(45,46)36-19-8-5-9-20-36)28-38(43)41(27-32-16-12-13-30(3)25-32)37(26-31-14-6-4-7-15-31)39(44)40-34-17-10-11-18-34/h4-9,12-16,19-25,29,34,37H,10-11,17-18,26-28H2,1-3H3,(H,40,44)/t37-/m0/s1. The Morgan fingerprint density at radius 1 is 0.809 bits per heavy atom. The third-order valence-electron chi connectivity index (χ3n) is 8.87. The lowest BCUT2D eigenvalue weighted by atomic mass is 10.0. The first-order chi connectivity index (χ1) is 22.6. The monoisotopic (exact) mass is 651 g/mol. The Balaban J connectivity index is 1.56. The van der Waals surface area contributed by atoms with Gasteiger partial charge in [0, 0.05) is 19.0 Å². The molecule has 5 rings (SSSR count). The minimum absolute atomic E-state index is 0.0612. The van der Waals surface area contributed by atoms with Gasteiger partial charge in [-0.2, -0.15) is 0 Å². The highest BCUT2D eigenvalue weighted by Gasteiger charge is 2.35. The lowest BCUT2D eigenvalue weighted by molar-refractivity contribution is -0.140. The van der Waals surface area contributed by atoms with E-state index in [-0.39, 0.29) is 29.3 Å². The number of nitrogens with one attached hydrogen (secondary N) is 1. The second-order valence-electron chi connectivity index (χ2n) is 12.8. The molecule has 2 amide bonds. The zero-order valence-electron chi connectivity index (χ0n) is 27.5. The number of benzene rings is 4. The van der Waals surface area contributed by atoms with Crippen LogP contribution in [0.1, 0.15) is 67.7 Å². The Kier molecular flexibility index (Phi) is 11.1. The van der Waals surface area contributed by atoms with Crippen LogP contribution in [-0.4, -0.2) is 43.8 Å². The maximum absolute atomic E-state index is 14.7. The lowest BCUT2D eigenvalue weighted by Crippen LogP contribution is -2.54. The summed E-state index contributed by atoms with van der Waals surface area (Å²) in [5, 5.41) is 3.22. The van der Waals surface area contributed by atoms with E-state index in [1.807, 2.05) is 73.7 Å². The largest absolute Gasteiger partial charge is 0.352 e. The molecule has 8 heteroatoms. The molecule has 0 bridgehead atoms. The average molecular weight is 652 g/mol. The zero-order chi connectivity index (χ0) is 33.4. The topological polar surface area (TPSA) is 86.8 Å². The predicted octanol–water partition coefficient (Wildman–Crippen LogP) is 7.01. The van der Waals surface area contributed by atoms with Crippen LogP contribution in [0.4, 0.5) is 5.69 Å². The molecule has 1 aliphatic carbocycles. The van der Waals surface area contributed by atoms with Crippen molar-refractivity contribution in [3.8, 4) is 0 Å². The number of sulfonamides is 1. The predicted molar refractivity (Wildman–Crippen MR) is 188 cm³/mol. The van der Waals surface area contributed by atoms with E-state index < -0.39 is 28.5 Å². The summed E-state index contributed by atoms with van der Waals surface area (Å²) in [4.78, 5) is 30.5. The third-order valence-corrected chi connectivity index (χ3v) is 10.7. The van der Waals surface area contributed by atoms with Crippen LogP contribution >= 0.6 is 0 Å². The van der Waals surface area contributed by atoms with E-state index in [0.29, 0.717) is 12.1 Å². The molecule has 246 valence electrons. The summed E-state index contributed by atoms with van der Waals surface area (Å²) in [6, 6.07) is 32.2. The van der Waals surface area contributed by atoms with Crippen LogP contribution in [0, 0.1) is 6.92 Å². The number of rotatable bonds is 13. The van der Waals surface area contributed by atoms with Crippen LogP contribution in [-0.2, 0) is 32.6 Å². The number of hydrogen-bond donors (Lipinski definition) is 1. The molecule has 1 saturated carbocycles. The number of anilines is 1. The highest BCUT2D eigenvalue weighted by molar-refractivity contribution is 7.92. The molecule has 0 aromatic heterocycles. The third kappa shape index (κ3) is 8.69. The van der Waals surface area contributed by atoms with Gasteiger partial charge in [0.15, 0.2) is 0 Å². The SMILES string of the molecule is Cc1cccc(CN(C(=O)CN(c2ccc(C(C)C)cc2)S(=O)(=O)c2ccccc2)[C@@H](Cc2ccccc2)C(=O)NC2CCCC2)c1. The van der Waals surface area contributed by atoms with Gasteiger partial charge in [-0.05, 0) is 66.6 Å². The summed E-state index contributed by atoms with van der Waals surface area (Å²) in [6.45, 7) is 5.82. The fourth-order valence-electron chi connectivity index (χ4n) is 6.20. The van der Waals surface area contributed by atoms with Gasteiger partial charge in [-0.1, -0.05) is 117 Å². The minimum atomic E-state index is -4.13. The quantitative estimate of drug-likeness (QED) is 0.169. The van der Waals surface area contributed by atoms with Crippen molar-refractivity contribution in [3.05, 3.63) is 131 Å². The van der Waals surface area contributed by atoms with Crippen molar-refractivity contribution in [3.63, 3.8) is 0 Å². The van der Waals surface area contributed by atoms with Crippen LogP contribution in [0.25, 0.3) is 0 Å². The van der Waals surface area contributed by atoms with Crippen LogP contribution in [0.5, 0.6) is 0 Å². The molecular weight excluding hydrogens is 607 g/mol. The van der Waals surface area contributed by atoms with Gasteiger partial charge in [-0.15, -0.1) is 0 Å². The van der Waals surface area contributed by atoms with Crippen LogP contribution in [0.3, 0.4) is 0 Å². The molecule has 4 aromatic rings. The smallest absolute Gasteiger partial charge is 0.264 e. The molecule has 0 radical (unpaired) electrons. The van der Waals surface area contributed by atoms with Gasteiger partial charge in [0.2, 0.25) is 11.8 Å². The molecule has 0 aliphatic heterocycles. The van der Waals surface area contributed by atoms with Gasteiger partial charge in [0.05, 0.1) is 10.6 Å². The molecule has 1 atom stereocenters. The average Bonchev–Trinajstić information content (AvgIpc) is 3.59. The van der Waals surface area contributed by atoms with E-state index in [1.165, 1.54) is 16.4 Å². The van der Waals surface area contributed by atoms with Crippen molar-refractivity contribution in [1.82, 2.24) is 10.2 Å². The van der Waals surface area contributed by atoms with Gasteiger partial charge < -0.3 is 10.2 Å². The number of nitrogens with zero attached hydrogens (tertiary/aromatic N) is 2. The van der Waals surface area contributed by atoms with E-state index in [2.05, 4.69) is 19.2 Å². The summed E-state index contributed by atoms with van der Waals surface area (Å²) in [6.07, 6.45) is 4.23. The van der Waals surface area contributed by atoms with Crippen molar-refractivity contribution in [2.45, 2.75) is 82.3 Å². The van der Waals surface area contributed by atoms with E-state index in [0.717, 1.165) is 47.9 Å². The molecule has 7 nitrogen and oxygen atoms in total. The highest BCUT2D eigenvalue weighted by Crippen LogP contribution is 2.27. The minimum Gasteiger partial charge on any atom is -0.352 e. The molecule has 47 heavy (non-hydrogen) atoms. The Hall–Kier alpha value is -4.43. The first-order valence-corrected chi connectivity index (χ1v) is 17.9. The van der Waals surface area contributed by atoms with E-state index in [1.54, 1.807) is 35.2 Å². The fraction of sp³-hybridized carbons (Fsp3) is 0.333. The van der Waals surface area contributed by atoms with Crippen molar-refractivity contribution < 1.29 is 18.0 Å². The van der Waals surface area contributed by atoms with Gasteiger partial charge in [0.25, 0.3) is 10.0 Å². The number of amides is 2. The van der Waals surface area contributed by atoms with Gasteiger partial charge in [-0.3, -0.25) is 13.9 Å². The molecule has 0 spiro atoms. The Morgan fingerprint density at radius 3 is 2.04 bits per heavy atom. The number of hydrogen-bond acceptors (Lipinski definition) is 4. The van der Waals surface area contributed by atoms with Crippen molar-refractivity contribution in [1.29, 1.82) is 0 Å². The summed E-state index contributed by atoms with van der Waals surface area (Å²) >= 11 is 0. The molecule has 0 unspecified atom stereocenters. The Labute approximate surface area is 279 Å². The molecule has 0 saturated heterocycles. The second kappa shape index (κ2) is 15.4. The first-order valence-electron chi connectivity index (χ1n) is 16.5. The lowest BCUT2D eigenvalue weighted by Gasteiger charge is -2.34. The van der Waals surface area contributed by atoms with Crippen LogP contribution < -0.4 is 9.62 Å². The van der Waals surface area contributed by atoms with E-state index in [4.69, 9.17) is 0 Å². The van der Waals surface area contributed by atoms with E-state index in [9.17, 15) is 18.0 Å². The summed E-state index contributed by atoms with van der Waals surface area (Å²) < 4.78 is 29.6. The second-order valence-corrected chi connectivity index (χ2v) is 14.6. The highest BCUT2D eigenvalue weighted by atomic mass is 32.2. The Morgan fingerprint density at radius 2 is 1.43 bits per heavy atom. The number of carbonyl (C=O) groups is 2. The van der Waals surface area contributed by atoms with Crippen LogP contribution in [0.2, 0.25) is 0 Å². The molecule has 1 fully saturated rings. The Bertz CT molecular complexity index is 1740. The maximum atomic E-state index is 14.7. The molecule has 4 aromatic carbocycles. The van der Waals surface area contributed by atoms with Gasteiger partial charge in [0.1, 0.15) is 12.6 Å². The number of carbonyl (C=O) groups excluding carboxylic acids is 2. The maximum Gasteiger partial charge on any atom is 0.264 e. The molecule has 1 N–H and O–H groups in total. The molecular formula is C39H45N3O4S.